The fraction of sp³-hybridized carbons (Fsp3) is 0.452. The van der Waals surface area contributed by atoms with E-state index in [0.717, 1.165) is 37.8 Å². The molecule has 9 nitrogen and oxygen atoms in total. The molecule has 0 saturated heterocycles. The minimum atomic E-state index is -4.74. The molecule has 7 rings (SSSR count). The number of aryl methyl sites for hydroxylation is 1. The zero-order chi connectivity index (χ0) is 30.5. The Labute approximate surface area is 247 Å². The molecule has 4 bridgehead atoms. The van der Waals surface area contributed by atoms with Crippen molar-refractivity contribution in [3.05, 3.63) is 59.3 Å². The summed E-state index contributed by atoms with van der Waals surface area (Å²) in [5.74, 6) is 0.879. The van der Waals surface area contributed by atoms with Crippen molar-refractivity contribution in [3.8, 4) is 5.75 Å². The number of aromatic nitrogens is 2. The topological polar surface area (TPSA) is 120 Å². The van der Waals surface area contributed by atoms with E-state index in [0.29, 0.717) is 41.0 Å². The molecule has 12 heteroatoms. The van der Waals surface area contributed by atoms with Gasteiger partial charge in [0, 0.05) is 31.0 Å². The molecular formula is C31H35F3N6O3. The minimum absolute atomic E-state index is 0.0844. The third-order valence-corrected chi connectivity index (χ3v) is 9.10. The second-order valence-corrected chi connectivity index (χ2v) is 12.1. The number of ether oxygens (including phenoxy) is 1. The largest absolute Gasteiger partial charge is 0.494 e. The second kappa shape index (κ2) is 10.9. The van der Waals surface area contributed by atoms with Crippen molar-refractivity contribution in [2.45, 2.75) is 56.8 Å². The molecule has 1 heterocycles. The van der Waals surface area contributed by atoms with Gasteiger partial charge in [-0.25, -0.2) is 4.98 Å². The van der Waals surface area contributed by atoms with Crippen molar-refractivity contribution in [2.75, 3.05) is 30.1 Å². The van der Waals surface area contributed by atoms with Gasteiger partial charge in [-0.15, -0.1) is 0 Å². The third-order valence-electron chi connectivity index (χ3n) is 9.10. The Morgan fingerprint density at radius 3 is 2.49 bits per heavy atom. The van der Waals surface area contributed by atoms with E-state index in [2.05, 4.69) is 31.2 Å². The van der Waals surface area contributed by atoms with Gasteiger partial charge in [0.05, 0.1) is 29.6 Å². The number of methoxy groups -OCH3 is 1. The predicted molar refractivity (Wildman–Crippen MR) is 157 cm³/mol. The molecule has 1 aromatic heterocycles. The molecule has 0 spiro atoms. The summed E-state index contributed by atoms with van der Waals surface area (Å²) in [6, 6.07) is 10.6. The molecule has 1 amide bonds. The summed E-state index contributed by atoms with van der Waals surface area (Å²) in [5.41, 5.74) is 0.711. The Kier molecular flexibility index (Phi) is 7.35. The van der Waals surface area contributed by atoms with Gasteiger partial charge in [0.2, 0.25) is 5.95 Å². The molecule has 228 valence electrons. The lowest BCUT2D eigenvalue weighted by molar-refractivity contribution is -0.137. The Bertz CT molecular complexity index is 1530. The van der Waals surface area contributed by atoms with Crippen LogP contribution in [-0.4, -0.2) is 46.8 Å². The van der Waals surface area contributed by atoms with Crippen LogP contribution in [0.5, 0.6) is 5.75 Å². The van der Waals surface area contributed by atoms with Gasteiger partial charge in [-0.3, -0.25) is 4.79 Å². The van der Waals surface area contributed by atoms with Crippen molar-refractivity contribution < 1.29 is 27.8 Å². The van der Waals surface area contributed by atoms with E-state index in [1.807, 2.05) is 12.1 Å². The SMILES string of the molecule is CNC(=O)c1cccc(C)c1Nc1nc(Nc2ccc(N[C@H]3C4CC5CC3C[C@](O)(C5)C4)cc2OC)ncc1C(F)(F)F. The fourth-order valence-electron chi connectivity index (χ4n) is 7.43. The van der Waals surface area contributed by atoms with Gasteiger partial charge >= 0.3 is 6.18 Å². The molecule has 5 N–H and O–H groups in total. The maximum Gasteiger partial charge on any atom is 0.421 e. The number of alkyl halides is 3. The van der Waals surface area contributed by atoms with Crippen LogP contribution in [0.1, 0.15) is 53.6 Å². The van der Waals surface area contributed by atoms with Crippen LogP contribution in [0.25, 0.3) is 0 Å². The summed E-state index contributed by atoms with van der Waals surface area (Å²) in [4.78, 5) is 20.5. The van der Waals surface area contributed by atoms with Crippen LogP contribution in [0.4, 0.5) is 42.0 Å². The average molecular weight is 597 g/mol. The number of amides is 1. The minimum Gasteiger partial charge on any atom is -0.494 e. The van der Waals surface area contributed by atoms with Gasteiger partial charge in [-0.2, -0.15) is 18.2 Å². The molecule has 0 radical (unpaired) electrons. The second-order valence-electron chi connectivity index (χ2n) is 12.1. The molecule has 4 fully saturated rings. The first-order valence-electron chi connectivity index (χ1n) is 14.4. The highest BCUT2D eigenvalue weighted by Gasteiger charge is 2.54. The lowest BCUT2D eigenvalue weighted by Crippen LogP contribution is -2.58. The summed E-state index contributed by atoms with van der Waals surface area (Å²) in [7, 11) is 2.96. The Hall–Kier alpha value is -4.06. The Morgan fingerprint density at radius 2 is 1.84 bits per heavy atom. The number of nitrogens with zero attached hydrogens (tertiary/aromatic N) is 2. The van der Waals surface area contributed by atoms with Crippen molar-refractivity contribution >= 4 is 34.7 Å². The zero-order valence-corrected chi connectivity index (χ0v) is 24.2. The van der Waals surface area contributed by atoms with E-state index in [4.69, 9.17) is 4.74 Å². The first-order valence-corrected chi connectivity index (χ1v) is 14.4. The molecule has 43 heavy (non-hydrogen) atoms. The molecular weight excluding hydrogens is 561 g/mol. The van der Waals surface area contributed by atoms with Crippen LogP contribution < -0.4 is 26.0 Å². The molecule has 4 aliphatic carbocycles. The van der Waals surface area contributed by atoms with Crippen molar-refractivity contribution in [3.63, 3.8) is 0 Å². The molecule has 2 aromatic carbocycles. The lowest BCUT2D eigenvalue weighted by Gasteiger charge is -2.58. The summed E-state index contributed by atoms with van der Waals surface area (Å²) >= 11 is 0. The summed E-state index contributed by atoms with van der Waals surface area (Å²) in [6.07, 6.45) is 0.786. The number of para-hydroxylation sites is 1. The quantitative estimate of drug-likeness (QED) is 0.215. The number of aliphatic hydroxyl groups is 1. The Morgan fingerprint density at radius 1 is 1.09 bits per heavy atom. The Balaban J connectivity index is 1.25. The monoisotopic (exact) mass is 596 g/mol. The summed E-state index contributed by atoms with van der Waals surface area (Å²) in [6.45, 7) is 1.69. The maximum absolute atomic E-state index is 14.0. The zero-order valence-electron chi connectivity index (χ0n) is 24.2. The van der Waals surface area contributed by atoms with Gasteiger partial charge < -0.3 is 31.1 Å². The van der Waals surface area contributed by atoms with Crippen LogP contribution in [0, 0.1) is 24.7 Å². The number of halogens is 3. The number of anilines is 5. The number of hydrogen-bond donors (Lipinski definition) is 5. The number of carbonyl (C=O) groups is 1. The first-order chi connectivity index (χ1) is 20.5. The average Bonchev–Trinajstić information content (AvgIpc) is 2.95. The highest BCUT2D eigenvalue weighted by Crippen LogP contribution is 2.56. The van der Waals surface area contributed by atoms with Crippen molar-refractivity contribution in [1.29, 1.82) is 0 Å². The van der Waals surface area contributed by atoms with E-state index < -0.39 is 29.1 Å². The molecule has 2 atom stereocenters. The van der Waals surface area contributed by atoms with Crippen LogP contribution >= 0.6 is 0 Å². The fourth-order valence-corrected chi connectivity index (χ4v) is 7.43. The van der Waals surface area contributed by atoms with Crippen LogP contribution in [0.2, 0.25) is 0 Å². The maximum atomic E-state index is 14.0. The lowest BCUT2D eigenvalue weighted by atomic mass is 9.52. The highest BCUT2D eigenvalue weighted by molar-refractivity contribution is 6.00. The van der Waals surface area contributed by atoms with Gasteiger partial charge in [-0.05, 0) is 80.5 Å². The highest BCUT2D eigenvalue weighted by atomic mass is 19.4. The molecule has 2 unspecified atom stereocenters. The van der Waals surface area contributed by atoms with E-state index in [1.54, 1.807) is 25.1 Å². The predicted octanol–water partition coefficient (Wildman–Crippen LogP) is 6.01. The van der Waals surface area contributed by atoms with E-state index in [9.17, 15) is 23.1 Å². The van der Waals surface area contributed by atoms with Crippen LogP contribution in [0.3, 0.4) is 0 Å². The van der Waals surface area contributed by atoms with Gasteiger partial charge in [0.1, 0.15) is 17.1 Å². The van der Waals surface area contributed by atoms with Crippen LogP contribution in [0.15, 0.2) is 42.6 Å². The number of hydrogen-bond acceptors (Lipinski definition) is 8. The van der Waals surface area contributed by atoms with Crippen molar-refractivity contribution in [1.82, 2.24) is 15.3 Å². The number of rotatable bonds is 8. The van der Waals surface area contributed by atoms with Gasteiger partial charge in [0.15, 0.2) is 0 Å². The number of benzene rings is 2. The molecule has 3 aromatic rings. The summed E-state index contributed by atoms with van der Waals surface area (Å²) in [5, 5.41) is 22.8. The third kappa shape index (κ3) is 5.67. The molecule has 0 aliphatic heterocycles. The first kappa shape index (κ1) is 29.0. The summed E-state index contributed by atoms with van der Waals surface area (Å²) < 4.78 is 47.5. The van der Waals surface area contributed by atoms with E-state index >= 15 is 0 Å². The number of nitrogens with one attached hydrogen (secondary N) is 4. The smallest absolute Gasteiger partial charge is 0.421 e. The normalized spacial score (nSPS) is 25.7. The van der Waals surface area contributed by atoms with Crippen molar-refractivity contribution in [2.24, 2.45) is 17.8 Å². The number of carbonyl (C=O) groups excluding carboxylic acids is 1. The van der Waals surface area contributed by atoms with Gasteiger partial charge in [-0.1, -0.05) is 12.1 Å². The van der Waals surface area contributed by atoms with Gasteiger partial charge in [0.25, 0.3) is 5.91 Å². The van der Waals surface area contributed by atoms with E-state index in [-0.39, 0.29) is 23.2 Å². The van der Waals surface area contributed by atoms with Crippen LogP contribution in [-0.2, 0) is 6.18 Å². The standard InChI is InChI=1S/C31H35F3N6O3/c1-16-5-4-6-21(28(41)35-2)25(16)39-27-22(31(32,33)34)15-36-29(40-27)38-23-8-7-20(11-24(23)43-3)37-26-18-9-17-10-19(26)14-30(42,12-17)13-18/h4-8,11,15,17-19,26,37,42H,9-10,12-14H2,1-3H3,(H,35,41)(H2,36,38,39,40)/t17?,18?,19?,26-,30-. The van der Waals surface area contributed by atoms with E-state index in [1.165, 1.54) is 20.2 Å². The molecule has 4 saturated carbocycles. The molecule has 4 aliphatic rings.